The Labute approximate surface area is 125 Å². The lowest BCUT2D eigenvalue weighted by molar-refractivity contribution is -0.134. The minimum absolute atomic E-state index is 0.341. The standard InChI is InChI=1S/C18H21NO2/c1-4-19(5-2)17-10-9-15-12-14(6-8-16(15)13-17)7-11-18(20)21-3/h6-13H,4-5H2,1-3H3/b11-7+. The molecule has 0 N–H and O–H groups in total. The van der Waals surface area contributed by atoms with E-state index in [1.54, 1.807) is 6.08 Å². The molecule has 3 heteroatoms. The number of carbonyl (C=O) groups excluding carboxylic acids is 1. The second-order valence-corrected chi connectivity index (χ2v) is 4.82. The Morgan fingerprint density at radius 2 is 1.76 bits per heavy atom. The number of methoxy groups -OCH3 is 1. The highest BCUT2D eigenvalue weighted by Crippen LogP contribution is 2.23. The molecule has 2 aromatic carbocycles. The highest BCUT2D eigenvalue weighted by molar-refractivity contribution is 5.90. The molecule has 21 heavy (non-hydrogen) atoms. The van der Waals surface area contributed by atoms with Gasteiger partial charge >= 0.3 is 5.97 Å². The largest absolute Gasteiger partial charge is 0.466 e. The van der Waals surface area contributed by atoms with Gasteiger partial charge in [0.25, 0.3) is 0 Å². The van der Waals surface area contributed by atoms with Crippen LogP contribution < -0.4 is 4.90 Å². The number of carbonyl (C=O) groups is 1. The Hall–Kier alpha value is -2.29. The summed E-state index contributed by atoms with van der Waals surface area (Å²) in [7, 11) is 1.38. The summed E-state index contributed by atoms with van der Waals surface area (Å²) < 4.78 is 4.59. The van der Waals surface area contributed by atoms with Crippen molar-refractivity contribution in [1.82, 2.24) is 0 Å². The molecule has 0 aliphatic carbocycles. The number of ether oxygens (including phenoxy) is 1. The van der Waals surface area contributed by atoms with Gasteiger partial charge in [0.1, 0.15) is 0 Å². The second kappa shape index (κ2) is 6.93. The van der Waals surface area contributed by atoms with Gasteiger partial charge in [-0.25, -0.2) is 4.79 Å². The van der Waals surface area contributed by atoms with Crippen molar-refractivity contribution in [3.8, 4) is 0 Å². The maximum absolute atomic E-state index is 11.1. The van der Waals surface area contributed by atoms with Crippen LogP contribution in [0.1, 0.15) is 19.4 Å². The summed E-state index contributed by atoms with van der Waals surface area (Å²) in [5.74, 6) is -0.341. The lowest BCUT2D eigenvalue weighted by Crippen LogP contribution is -2.21. The molecule has 0 saturated carbocycles. The molecular weight excluding hydrogens is 262 g/mol. The van der Waals surface area contributed by atoms with E-state index in [9.17, 15) is 4.79 Å². The second-order valence-electron chi connectivity index (χ2n) is 4.82. The average molecular weight is 283 g/mol. The molecule has 0 amide bonds. The third kappa shape index (κ3) is 3.63. The molecule has 0 unspecified atom stereocenters. The highest BCUT2D eigenvalue weighted by Gasteiger charge is 2.03. The number of hydrogen-bond acceptors (Lipinski definition) is 3. The molecule has 0 saturated heterocycles. The van der Waals surface area contributed by atoms with E-state index in [2.05, 4.69) is 53.8 Å². The fourth-order valence-electron chi connectivity index (χ4n) is 2.37. The van der Waals surface area contributed by atoms with E-state index in [0.29, 0.717) is 0 Å². The zero-order valence-corrected chi connectivity index (χ0v) is 12.8. The lowest BCUT2D eigenvalue weighted by atomic mass is 10.1. The molecule has 0 radical (unpaired) electrons. The number of nitrogens with zero attached hydrogens (tertiary/aromatic N) is 1. The monoisotopic (exact) mass is 283 g/mol. The summed E-state index contributed by atoms with van der Waals surface area (Å²) in [5, 5.41) is 2.37. The molecular formula is C18H21NO2. The van der Waals surface area contributed by atoms with Crippen molar-refractivity contribution in [2.45, 2.75) is 13.8 Å². The number of esters is 1. The first kappa shape index (κ1) is 15.1. The highest BCUT2D eigenvalue weighted by atomic mass is 16.5. The van der Waals surface area contributed by atoms with Gasteiger partial charge in [-0.2, -0.15) is 0 Å². The first-order valence-electron chi connectivity index (χ1n) is 7.22. The molecule has 0 spiro atoms. The molecule has 0 aliphatic heterocycles. The fraction of sp³-hybridized carbons (Fsp3) is 0.278. The summed E-state index contributed by atoms with van der Waals surface area (Å²) in [6, 6.07) is 12.6. The topological polar surface area (TPSA) is 29.5 Å². The number of fused-ring (bicyclic) bond motifs is 1. The molecule has 3 nitrogen and oxygen atoms in total. The van der Waals surface area contributed by atoms with Crippen LogP contribution in [0.25, 0.3) is 16.8 Å². The number of anilines is 1. The van der Waals surface area contributed by atoms with Crippen LogP contribution in [0, 0.1) is 0 Å². The van der Waals surface area contributed by atoms with Crippen molar-refractivity contribution in [1.29, 1.82) is 0 Å². The average Bonchev–Trinajstić information content (AvgIpc) is 2.53. The van der Waals surface area contributed by atoms with Gasteiger partial charge in [-0.1, -0.05) is 18.2 Å². The van der Waals surface area contributed by atoms with Crippen molar-refractivity contribution in [2.24, 2.45) is 0 Å². The first-order chi connectivity index (χ1) is 10.2. The fourth-order valence-corrected chi connectivity index (χ4v) is 2.37. The predicted octanol–water partition coefficient (Wildman–Crippen LogP) is 3.87. The van der Waals surface area contributed by atoms with Crippen LogP contribution in [0.4, 0.5) is 5.69 Å². The smallest absolute Gasteiger partial charge is 0.330 e. The van der Waals surface area contributed by atoms with Crippen LogP contribution in [-0.2, 0) is 9.53 Å². The number of rotatable bonds is 5. The zero-order chi connectivity index (χ0) is 15.2. The Morgan fingerprint density at radius 1 is 1.10 bits per heavy atom. The third-order valence-corrected chi connectivity index (χ3v) is 3.59. The minimum atomic E-state index is -0.341. The van der Waals surface area contributed by atoms with Gasteiger partial charge in [0.15, 0.2) is 0 Å². The van der Waals surface area contributed by atoms with E-state index < -0.39 is 0 Å². The van der Waals surface area contributed by atoms with Crippen LogP contribution >= 0.6 is 0 Å². The van der Waals surface area contributed by atoms with Gasteiger partial charge in [-0.05, 0) is 54.5 Å². The van der Waals surface area contributed by atoms with E-state index >= 15 is 0 Å². The summed E-state index contributed by atoms with van der Waals surface area (Å²) >= 11 is 0. The molecule has 0 heterocycles. The van der Waals surface area contributed by atoms with Crippen molar-refractivity contribution >= 4 is 28.5 Å². The van der Waals surface area contributed by atoms with Crippen LogP contribution in [-0.4, -0.2) is 26.2 Å². The van der Waals surface area contributed by atoms with E-state index in [1.807, 2.05) is 6.07 Å². The molecule has 0 aliphatic rings. The number of benzene rings is 2. The zero-order valence-electron chi connectivity index (χ0n) is 12.8. The SMILES string of the molecule is CCN(CC)c1ccc2cc(/C=C/C(=O)OC)ccc2c1. The van der Waals surface area contributed by atoms with Crippen molar-refractivity contribution < 1.29 is 9.53 Å². The Bertz CT molecular complexity index is 657. The Balaban J connectivity index is 2.31. The van der Waals surface area contributed by atoms with E-state index in [0.717, 1.165) is 24.0 Å². The van der Waals surface area contributed by atoms with Crippen LogP contribution in [0.15, 0.2) is 42.5 Å². The first-order valence-corrected chi connectivity index (χ1v) is 7.22. The molecule has 110 valence electrons. The van der Waals surface area contributed by atoms with Gasteiger partial charge in [0.2, 0.25) is 0 Å². The molecule has 2 rings (SSSR count). The van der Waals surface area contributed by atoms with E-state index in [4.69, 9.17) is 0 Å². The van der Waals surface area contributed by atoms with Crippen LogP contribution in [0.5, 0.6) is 0 Å². The van der Waals surface area contributed by atoms with Crippen LogP contribution in [0.3, 0.4) is 0 Å². The molecule has 0 bridgehead atoms. The number of hydrogen-bond donors (Lipinski definition) is 0. The predicted molar refractivity (Wildman–Crippen MR) is 88.6 cm³/mol. The van der Waals surface area contributed by atoms with Crippen LogP contribution in [0.2, 0.25) is 0 Å². The Morgan fingerprint density at radius 3 is 2.43 bits per heavy atom. The molecule has 0 fully saturated rings. The summed E-state index contributed by atoms with van der Waals surface area (Å²) in [4.78, 5) is 13.4. The Kier molecular flexibility index (Phi) is 4.99. The quantitative estimate of drug-likeness (QED) is 0.616. The van der Waals surface area contributed by atoms with E-state index in [1.165, 1.54) is 24.3 Å². The lowest BCUT2D eigenvalue weighted by Gasteiger charge is -2.21. The van der Waals surface area contributed by atoms with Crippen molar-refractivity contribution in [3.63, 3.8) is 0 Å². The van der Waals surface area contributed by atoms with Gasteiger partial charge in [-0.3, -0.25) is 0 Å². The summed E-state index contributed by atoms with van der Waals surface area (Å²) in [6.07, 6.45) is 3.20. The van der Waals surface area contributed by atoms with Gasteiger partial charge in [-0.15, -0.1) is 0 Å². The van der Waals surface area contributed by atoms with Gasteiger partial charge in [0.05, 0.1) is 7.11 Å². The summed E-state index contributed by atoms with van der Waals surface area (Å²) in [5.41, 5.74) is 2.23. The normalized spacial score (nSPS) is 11.0. The maximum Gasteiger partial charge on any atom is 0.330 e. The van der Waals surface area contributed by atoms with Crippen molar-refractivity contribution in [3.05, 3.63) is 48.0 Å². The van der Waals surface area contributed by atoms with E-state index in [-0.39, 0.29) is 5.97 Å². The third-order valence-electron chi connectivity index (χ3n) is 3.59. The van der Waals surface area contributed by atoms with Gasteiger partial charge < -0.3 is 9.64 Å². The minimum Gasteiger partial charge on any atom is -0.466 e. The molecule has 2 aromatic rings. The van der Waals surface area contributed by atoms with Crippen molar-refractivity contribution in [2.75, 3.05) is 25.1 Å². The molecule has 0 atom stereocenters. The maximum atomic E-state index is 11.1. The van der Waals surface area contributed by atoms with Gasteiger partial charge in [0, 0.05) is 24.9 Å². The summed E-state index contributed by atoms with van der Waals surface area (Å²) in [6.45, 7) is 6.33. The molecule has 0 aromatic heterocycles.